The molecule has 2 heterocycles. The van der Waals surface area contributed by atoms with Gasteiger partial charge in [0.15, 0.2) is 0 Å². The minimum absolute atomic E-state index is 0.223. The van der Waals surface area contributed by atoms with Gasteiger partial charge in [-0.1, -0.05) is 12.1 Å². The van der Waals surface area contributed by atoms with Crippen molar-refractivity contribution in [3.05, 3.63) is 47.8 Å². The molecule has 0 saturated carbocycles. The Bertz CT molecular complexity index is 568. The quantitative estimate of drug-likeness (QED) is 0.816. The van der Waals surface area contributed by atoms with Crippen molar-refractivity contribution in [3.63, 3.8) is 0 Å². The summed E-state index contributed by atoms with van der Waals surface area (Å²) in [5.74, 6) is 1.03. The Morgan fingerprint density at radius 1 is 1.24 bits per heavy atom. The van der Waals surface area contributed by atoms with Crippen LogP contribution in [0.3, 0.4) is 0 Å². The summed E-state index contributed by atoms with van der Waals surface area (Å²) in [5, 5.41) is 0. The average Bonchev–Trinajstić information content (AvgIpc) is 2.71. The van der Waals surface area contributed by atoms with Crippen LogP contribution in [0, 0.1) is 5.82 Å². The van der Waals surface area contributed by atoms with Crippen molar-refractivity contribution in [2.45, 2.75) is 6.42 Å². The van der Waals surface area contributed by atoms with E-state index in [1.54, 1.807) is 12.1 Å². The second-order valence-corrected chi connectivity index (χ2v) is 4.10. The second-order valence-electron chi connectivity index (χ2n) is 4.10. The van der Waals surface area contributed by atoms with Crippen LogP contribution in [0.25, 0.3) is 0 Å². The highest BCUT2D eigenvalue weighted by Gasteiger charge is 2.21. The lowest BCUT2D eigenvalue weighted by molar-refractivity contribution is 0.628. The zero-order chi connectivity index (χ0) is 11.8. The molecule has 0 saturated heterocycles. The molecule has 0 fully saturated rings. The monoisotopic (exact) mass is 229 g/mol. The Hall–Kier alpha value is -2.10. The van der Waals surface area contributed by atoms with Gasteiger partial charge in [-0.25, -0.2) is 9.37 Å². The van der Waals surface area contributed by atoms with Crippen molar-refractivity contribution in [1.82, 2.24) is 4.98 Å². The fourth-order valence-corrected chi connectivity index (χ4v) is 2.18. The molecule has 2 aromatic rings. The number of rotatable bonds is 1. The number of nitrogens with zero attached hydrogens (tertiary/aromatic N) is 2. The highest BCUT2D eigenvalue weighted by Crippen LogP contribution is 2.34. The van der Waals surface area contributed by atoms with Gasteiger partial charge < -0.3 is 10.6 Å². The lowest BCUT2D eigenvalue weighted by atomic mass is 10.2. The second kappa shape index (κ2) is 3.73. The zero-order valence-electron chi connectivity index (χ0n) is 9.23. The molecule has 0 radical (unpaired) electrons. The van der Waals surface area contributed by atoms with E-state index in [-0.39, 0.29) is 5.82 Å². The number of benzene rings is 1. The molecule has 0 atom stereocenters. The molecular formula is C13H12FN3. The Balaban J connectivity index is 2.06. The molecule has 0 aliphatic carbocycles. The van der Waals surface area contributed by atoms with Crippen LogP contribution in [0.15, 0.2) is 36.4 Å². The number of hydrogen-bond donors (Lipinski definition) is 1. The van der Waals surface area contributed by atoms with E-state index in [1.807, 2.05) is 23.1 Å². The van der Waals surface area contributed by atoms with Crippen molar-refractivity contribution in [2.75, 3.05) is 17.2 Å². The lowest BCUT2D eigenvalue weighted by Crippen LogP contribution is -2.15. The summed E-state index contributed by atoms with van der Waals surface area (Å²) in [7, 11) is 0. The van der Waals surface area contributed by atoms with E-state index in [0.717, 1.165) is 30.0 Å². The number of pyridine rings is 1. The average molecular weight is 229 g/mol. The van der Waals surface area contributed by atoms with Gasteiger partial charge in [0, 0.05) is 12.2 Å². The standard InChI is InChI=1S/C13H12FN3/c14-10-5-4-9-6-7-17(11(9)8-10)13-3-1-2-12(15)16-13/h1-5,8H,6-7H2,(H2,15,16). The predicted octanol–water partition coefficient (Wildman–Crippen LogP) is 2.50. The number of halogens is 1. The summed E-state index contributed by atoms with van der Waals surface area (Å²) in [5.41, 5.74) is 7.70. The molecule has 1 aliphatic rings. The molecular weight excluding hydrogens is 217 g/mol. The smallest absolute Gasteiger partial charge is 0.135 e. The van der Waals surface area contributed by atoms with Crippen LogP contribution in [0.1, 0.15) is 5.56 Å². The maximum atomic E-state index is 13.3. The topological polar surface area (TPSA) is 42.1 Å². The minimum Gasteiger partial charge on any atom is -0.384 e. The summed E-state index contributed by atoms with van der Waals surface area (Å²) in [6.07, 6.45) is 0.909. The summed E-state index contributed by atoms with van der Waals surface area (Å²) < 4.78 is 13.3. The largest absolute Gasteiger partial charge is 0.384 e. The summed E-state index contributed by atoms with van der Waals surface area (Å²) in [6.45, 7) is 0.815. The fourth-order valence-electron chi connectivity index (χ4n) is 2.18. The normalized spacial score (nSPS) is 13.8. The van der Waals surface area contributed by atoms with Gasteiger partial charge in [0.25, 0.3) is 0 Å². The van der Waals surface area contributed by atoms with E-state index in [4.69, 9.17) is 5.73 Å². The number of nitrogen functional groups attached to an aromatic ring is 1. The molecule has 2 N–H and O–H groups in total. The lowest BCUT2D eigenvalue weighted by Gasteiger charge is -2.18. The van der Waals surface area contributed by atoms with Crippen molar-refractivity contribution in [3.8, 4) is 0 Å². The maximum Gasteiger partial charge on any atom is 0.135 e. The number of hydrogen-bond acceptors (Lipinski definition) is 3. The first kappa shape index (κ1) is 10.1. The molecule has 86 valence electrons. The molecule has 4 heteroatoms. The highest BCUT2D eigenvalue weighted by molar-refractivity contribution is 5.68. The van der Waals surface area contributed by atoms with Crippen LogP contribution < -0.4 is 10.6 Å². The Kier molecular flexibility index (Phi) is 2.21. The van der Waals surface area contributed by atoms with Gasteiger partial charge in [0.2, 0.25) is 0 Å². The van der Waals surface area contributed by atoms with E-state index in [1.165, 1.54) is 6.07 Å². The third-order valence-corrected chi connectivity index (χ3v) is 2.98. The highest BCUT2D eigenvalue weighted by atomic mass is 19.1. The minimum atomic E-state index is -0.223. The zero-order valence-corrected chi connectivity index (χ0v) is 9.23. The molecule has 17 heavy (non-hydrogen) atoms. The van der Waals surface area contributed by atoms with E-state index >= 15 is 0 Å². The van der Waals surface area contributed by atoms with Crippen molar-refractivity contribution >= 4 is 17.3 Å². The van der Waals surface area contributed by atoms with Crippen molar-refractivity contribution in [1.29, 1.82) is 0 Å². The van der Waals surface area contributed by atoms with Gasteiger partial charge >= 0.3 is 0 Å². The first-order chi connectivity index (χ1) is 8.24. The van der Waals surface area contributed by atoms with Gasteiger partial charge in [-0.3, -0.25) is 0 Å². The van der Waals surface area contributed by atoms with Crippen LogP contribution in [-0.2, 0) is 6.42 Å². The molecule has 3 rings (SSSR count). The predicted molar refractivity (Wildman–Crippen MR) is 65.8 cm³/mol. The molecule has 0 spiro atoms. The number of anilines is 3. The van der Waals surface area contributed by atoms with Gasteiger partial charge in [-0.15, -0.1) is 0 Å². The van der Waals surface area contributed by atoms with E-state index in [0.29, 0.717) is 5.82 Å². The van der Waals surface area contributed by atoms with Crippen LogP contribution >= 0.6 is 0 Å². The van der Waals surface area contributed by atoms with Crippen molar-refractivity contribution in [2.24, 2.45) is 0 Å². The van der Waals surface area contributed by atoms with E-state index in [9.17, 15) is 4.39 Å². The summed E-state index contributed by atoms with van der Waals surface area (Å²) >= 11 is 0. The Labute approximate surface area is 98.7 Å². The molecule has 1 aliphatic heterocycles. The maximum absolute atomic E-state index is 13.3. The van der Waals surface area contributed by atoms with Crippen molar-refractivity contribution < 1.29 is 4.39 Å². The summed E-state index contributed by atoms with van der Waals surface area (Å²) in [4.78, 5) is 6.26. The van der Waals surface area contributed by atoms with E-state index in [2.05, 4.69) is 4.98 Å². The molecule has 1 aromatic carbocycles. The Morgan fingerprint density at radius 3 is 2.94 bits per heavy atom. The van der Waals surface area contributed by atoms with E-state index < -0.39 is 0 Å². The summed E-state index contributed by atoms with van der Waals surface area (Å²) in [6, 6.07) is 10.4. The Morgan fingerprint density at radius 2 is 2.12 bits per heavy atom. The molecule has 0 unspecified atom stereocenters. The number of fused-ring (bicyclic) bond motifs is 1. The third kappa shape index (κ3) is 1.71. The van der Waals surface area contributed by atoms with Gasteiger partial charge in [0.05, 0.1) is 0 Å². The van der Waals surface area contributed by atoms with Crippen LogP contribution in [0.2, 0.25) is 0 Å². The first-order valence-corrected chi connectivity index (χ1v) is 5.52. The van der Waals surface area contributed by atoms with Crippen LogP contribution in [0.4, 0.5) is 21.7 Å². The third-order valence-electron chi connectivity index (χ3n) is 2.98. The number of aromatic nitrogens is 1. The number of nitrogens with two attached hydrogens (primary N) is 1. The van der Waals surface area contributed by atoms with Gasteiger partial charge in [-0.2, -0.15) is 0 Å². The molecule has 1 aromatic heterocycles. The molecule has 3 nitrogen and oxygen atoms in total. The molecule has 0 amide bonds. The van der Waals surface area contributed by atoms with Crippen LogP contribution in [0.5, 0.6) is 0 Å². The van der Waals surface area contributed by atoms with Crippen LogP contribution in [-0.4, -0.2) is 11.5 Å². The first-order valence-electron chi connectivity index (χ1n) is 5.52. The SMILES string of the molecule is Nc1cccc(N2CCc3ccc(F)cc32)n1. The fraction of sp³-hybridized carbons (Fsp3) is 0.154. The van der Waals surface area contributed by atoms with Gasteiger partial charge in [-0.05, 0) is 36.2 Å². The molecule has 0 bridgehead atoms. The van der Waals surface area contributed by atoms with Gasteiger partial charge in [0.1, 0.15) is 17.5 Å².